The molecule has 3 N–H and O–H groups in total. The largest absolute Gasteiger partial charge is 0.356 e. The highest BCUT2D eigenvalue weighted by molar-refractivity contribution is 5.83. The van der Waals surface area contributed by atoms with Crippen molar-refractivity contribution in [3.63, 3.8) is 0 Å². The van der Waals surface area contributed by atoms with Crippen molar-refractivity contribution in [2.45, 2.75) is 58.0 Å². The van der Waals surface area contributed by atoms with E-state index < -0.39 is 0 Å². The Morgan fingerprint density at radius 3 is 2.67 bits per heavy atom. The summed E-state index contributed by atoms with van der Waals surface area (Å²) >= 11 is 0. The average molecular weight is 255 g/mol. The lowest BCUT2D eigenvalue weighted by atomic mass is 10.00. The minimum absolute atomic E-state index is 0.0257. The predicted octanol–water partition coefficient (Wildman–Crippen LogP) is 0.550. The second-order valence-corrected chi connectivity index (χ2v) is 4.91. The molecule has 1 aliphatic rings. The summed E-state index contributed by atoms with van der Waals surface area (Å²) in [6.45, 7) is 5.79. The summed E-state index contributed by atoms with van der Waals surface area (Å²) in [4.78, 5) is 23.1. The summed E-state index contributed by atoms with van der Waals surface area (Å²) in [5.74, 6) is -0.0657. The molecule has 0 saturated carbocycles. The molecule has 0 bridgehead atoms. The van der Waals surface area contributed by atoms with E-state index in [2.05, 4.69) is 22.9 Å². The zero-order valence-electron chi connectivity index (χ0n) is 11.4. The lowest BCUT2D eigenvalue weighted by Gasteiger charge is -2.30. The van der Waals surface area contributed by atoms with Gasteiger partial charge in [0, 0.05) is 31.5 Å². The molecular formula is C13H25N3O2. The minimum atomic E-state index is -0.0400. The van der Waals surface area contributed by atoms with E-state index in [0.717, 1.165) is 25.8 Å². The third-order valence-corrected chi connectivity index (χ3v) is 3.26. The number of carbonyl (C=O) groups is 2. The van der Waals surface area contributed by atoms with Crippen molar-refractivity contribution < 1.29 is 9.59 Å². The van der Waals surface area contributed by atoms with E-state index in [4.69, 9.17) is 0 Å². The molecule has 1 fully saturated rings. The SMILES string of the molecule is CCCNC(=O)CCC(=O)NC1CCCNC1C. The van der Waals surface area contributed by atoms with Gasteiger partial charge in [0.1, 0.15) is 0 Å². The van der Waals surface area contributed by atoms with Crippen LogP contribution in [0.5, 0.6) is 0 Å². The molecule has 0 spiro atoms. The van der Waals surface area contributed by atoms with Crippen molar-refractivity contribution in [2.75, 3.05) is 13.1 Å². The molecule has 1 heterocycles. The van der Waals surface area contributed by atoms with Gasteiger partial charge in [-0.05, 0) is 32.7 Å². The van der Waals surface area contributed by atoms with Gasteiger partial charge in [-0.2, -0.15) is 0 Å². The quantitative estimate of drug-likeness (QED) is 0.649. The fraction of sp³-hybridized carbons (Fsp3) is 0.846. The molecule has 2 unspecified atom stereocenters. The summed E-state index contributed by atoms with van der Waals surface area (Å²) in [6.07, 6.45) is 3.58. The monoisotopic (exact) mass is 255 g/mol. The molecule has 1 saturated heterocycles. The van der Waals surface area contributed by atoms with Crippen molar-refractivity contribution in [2.24, 2.45) is 0 Å². The van der Waals surface area contributed by atoms with Gasteiger partial charge < -0.3 is 16.0 Å². The Morgan fingerprint density at radius 1 is 1.28 bits per heavy atom. The Kier molecular flexibility index (Phi) is 6.72. The first kappa shape index (κ1) is 15.0. The van der Waals surface area contributed by atoms with Crippen molar-refractivity contribution in [3.05, 3.63) is 0 Å². The van der Waals surface area contributed by atoms with Gasteiger partial charge in [0.25, 0.3) is 0 Å². The first-order chi connectivity index (χ1) is 8.63. The van der Waals surface area contributed by atoms with Crippen LogP contribution in [-0.4, -0.2) is 37.0 Å². The maximum Gasteiger partial charge on any atom is 0.220 e. The van der Waals surface area contributed by atoms with Crippen LogP contribution in [0.4, 0.5) is 0 Å². The first-order valence-electron chi connectivity index (χ1n) is 6.93. The van der Waals surface area contributed by atoms with Crippen LogP contribution in [0.1, 0.15) is 46.0 Å². The van der Waals surface area contributed by atoms with Gasteiger partial charge in [-0.1, -0.05) is 6.92 Å². The lowest BCUT2D eigenvalue weighted by Crippen LogP contribution is -2.52. The van der Waals surface area contributed by atoms with Crippen LogP contribution in [0.25, 0.3) is 0 Å². The van der Waals surface area contributed by atoms with Gasteiger partial charge in [-0.25, -0.2) is 0 Å². The Morgan fingerprint density at radius 2 is 2.00 bits per heavy atom. The maximum atomic E-state index is 11.7. The predicted molar refractivity (Wildman–Crippen MR) is 71.2 cm³/mol. The van der Waals surface area contributed by atoms with Crippen molar-refractivity contribution >= 4 is 11.8 Å². The van der Waals surface area contributed by atoms with Crippen LogP contribution in [0.15, 0.2) is 0 Å². The summed E-state index contributed by atoms with van der Waals surface area (Å²) in [5.41, 5.74) is 0. The van der Waals surface area contributed by atoms with E-state index >= 15 is 0 Å². The normalized spacial score (nSPS) is 23.4. The number of hydrogen-bond acceptors (Lipinski definition) is 3. The van der Waals surface area contributed by atoms with E-state index in [1.54, 1.807) is 0 Å². The van der Waals surface area contributed by atoms with E-state index in [-0.39, 0.29) is 30.7 Å². The van der Waals surface area contributed by atoms with Gasteiger partial charge in [-0.15, -0.1) is 0 Å². The second-order valence-electron chi connectivity index (χ2n) is 4.91. The van der Waals surface area contributed by atoms with Crippen molar-refractivity contribution in [3.8, 4) is 0 Å². The van der Waals surface area contributed by atoms with Crippen LogP contribution in [0.3, 0.4) is 0 Å². The molecule has 0 aliphatic carbocycles. The van der Waals surface area contributed by atoms with Crippen LogP contribution >= 0.6 is 0 Å². The van der Waals surface area contributed by atoms with Crippen LogP contribution < -0.4 is 16.0 Å². The molecule has 104 valence electrons. The van der Waals surface area contributed by atoms with E-state index in [9.17, 15) is 9.59 Å². The molecule has 1 aliphatic heterocycles. The third-order valence-electron chi connectivity index (χ3n) is 3.26. The summed E-state index contributed by atoms with van der Waals surface area (Å²) in [5, 5.41) is 9.10. The van der Waals surface area contributed by atoms with Crippen molar-refractivity contribution in [1.29, 1.82) is 0 Å². The Hall–Kier alpha value is -1.10. The smallest absolute Gasteiger partial charge is 0.220 e. The Labute approximate surface area is 109 Å². The van der Waals surface area contributed by atoms with Crippen LogP contribution in [0, 0.1) is 0 Å². The molecule has 5 heteroatoms. The molecule has 2 atom stereocenters. The highest BCUT2D eigenvalue weighted by Gasteiger charge is 2.22. The molecule has 0 aromatic carbocycles. The third kappa shape index (κ3) is 5.49. The van der Waals surface area contributed by atoms with Crippen LogP contribution in [-0.2, 0) is 9.59 Å². The Bertz CT molecular complexity index is 281. The fourth-order valence-electron chi connectivity index (χ4n) is 2.10. The molecule has 2 amide bonds. The van der Waals surface area contributed by atoms with E-state index in [1.165, 1.54) is 0 Å². The zero-order chi connectivity index (χ0) is 13.4. The average Bonchev–Trinajstić information content (AvgIpc) is 2.36. The van der Waals surface area contributed by atoms with E-state index in [0.29, 0.717) is 12.6 Å². The van der Waals surface area contributed by atoms with Crippen LogP contribution in [0.2, 0.25) is 0 Å². The molecule has 5 nitrogen and oxygen atoms in total. The first-order valence-corrected chi connectivity index (χ1v) is 6.93. The minimum Gasteiger partial charge on any atom is -0.356 e. The summed E-state index contributed by atoms with van der Waals surface area (Å²) in [6, 6.07) is 0.515. The summed E-state index contributed by atoms with van der Waals surface area (Å²) in [7, 11) is 0. The molecule has 18 heavy (non-hydrogen) atoms. The van der Waals surface area contributed by atoms with Gasteiger partial charge in [-0.3, -0.25) is 9.59 Å². The molecular weight excluding hydrogens is 230 g/mol. The molecule has 0 radical (unpaired) electrons. The molecule has 0 aromatic heterocycles. The number of amides is 2. The van der Waals surface area contributed by atoms with Gasteiger partial charge in [0.15, 0.2) is 0 Å². The maximum absolute atomic E-state index is 11.7. The second kappa shape index (κ2) is 8.08. The topological polar surface area (TPSA) is 70.2 Å². The summed E-state index contributed by atoms with van der Waals surface area (Å²) < 4.78 is 0. The number of hydrogen-bond donors (Lipinski definition) is 3. The highest BCUT2D eigenvalue weighted by Crippen LogP contribution is 2.08. The highest BCUT2D eigenvalue weighted by atomic mass is 16.2. The van der Waals surface area contributed by atoms with E-state index in [1.807, 2.05) is 6.92 Å². The fourth-order valence-corrected chi connectivity index (χ4v) is 2.10. The number of piperidine rings is 1. The van der Waals surface area contributed by atoms with Gasteiger partial charge in [0.05, 0.1) is 0 Å². The van der Waals surface area contributed by atoms with Gasteiger partial charge in [0.2, 0.25) is 11.8 Å². The number of rotatable bonds is 6. The zero-order valence-corrected chi connectivity index (χ0v) is 11.4. The number of nitrogens with one attached hydrogen (secondary N) is 3. The standard InChI is InChI=1S/C13H25N3O2/c1-3-8-15-12(17)6-7-13(18)16-11-5-4-9-14-10(11)2/h10-11,14H,3-9H2,1-2H3,(H,15,17)(H,16,18). The lowest BCUT2D eigenvalue weighted by molar-refractivity contribution is -0.127. The van der Waals surface area contributed by atoms with Gasteiger partial charge >= 0.3 is 0 Å². The van der Waals surface area contributed by atoms with Crippen molar-refractivity contribution in [1.82, 2.24) is 16.0 Å². The number of carbonyl (C=O) groups excluding carboxylic acids is 2. The Balaban J connectivity index is 2.18. The molecule has 0 aromatic rings. The molecule has 1 rings (SSSR count).